The summed E-state index contributed by atoms with van der Waals surface area (Å²) in [5.74, 6) is -0.370. The van der Waals surface area contributed by atoms with Gasteiger partial charge in [0.25, 0.3) is 11.8 Å². The van der Waals surface area contributed by atoms with Crippen molar-refractivity contribution < 1.29 is 9.59 Å². The Bertz CT molecular complexity index is 768. The molecule has 2 rings (SSSR count). The summed E-state index contributed by atoms with van der Waals surface area (Å²) in [5.41, 5.74) is 2.83. The Kier molecular flexibility index (Phi) is 8.53. The van der Waals surface area contributed by atoms with Gasteiger partial charge in [0.2, 0.25) is 0 Å². The summed E-state index contributed by atoms with van der Waals surface area (Å²) in [6, 6.07) is 14.6. The van der Waals surface area contributed by atoms with Gasteiger partial charge in [-0.25, -0.2) is 0 Å². The lowest BCUT2D eigenvalue weighted by molar-refractivity contribution is 0.0953. The fraction of sp³-hybridized carbons (Fsp3) is 0.391. The van der Waals surface area contributed by atoms with Crippen LogP contribution in [-0.2, 0) is 0 Å². The minimum Gasteiger partial charge on any atom is -0.372 e. The summed E-state index contributed by atoms with van der Waals surface area (Å²) in [7, 11) is 0. The van der Waals surface area contributed by atoms with Crippen LogP contribution in [0.1, 0.15) is 60.7 Å². The van der Waals surface area contributed by atoms with Gasteiger partial charge in [0.1, 0.15) is 0 Å². The standard InChI is InChI=1S/C23H31N3O2/c1-4-7-8-16-24-22(27)18-10-9-11-19(17-18)23(28)25-20-12-14-21(15-13-20)26(5-2)6-3/h9-15,17H,4-8,16H2,1-3H3,(H,24,27)(H,25,28). The molecule has 0 aliphatic heterocycles. The van der Waals surface area contributed by atoms with Gasteiger partial charge in [-0.15, -0.1) is 0 Å². The predicted molar refractivity (Wildman–Crippen MR) is 116 cm³/mol. The van der Waals surface area contributed by atoms with E-state index in [4.69, 9.17) is 0 Å². The van der Waals surface area contributed by atoms with Crippen LogP contribution in [0.2, 0.25) is 0 Å². The third-order valence-corrected chi connectivity index (χ3v) is 4.71. The van der Waals surface area contributed by atoms with Crippen molar-refractivity contribution in [2.75, 3.05) is 29.9 Å². The molecule has 0 spiro atoms. The second kappa shape index (κ2) is 11.1. The summed E-state index contributed by atoms with van der Waals surface area (Å²) in [4.78, 5) is 27.1. The van der Waals surface area contributed by atoms with Gasteiger partial charge in [-0.05, 0) is 62.7 Å². The van der Waals surface area contributed by atoms with Gasteiger partial charge in [-0.1, -0.05) is 25.8 Å². The Balaban J connectivity index is 1.99. The minimum absolute atomic E-state index is 0.144. The van der Waals surface area contributed by atoms with Gasteiger partial charge in [-0.2, -0.15) is 0 Å². The fourth-order valence-corrected chi connectivity index (χ4v) is 3.03. The lowest BCUT2D eigenvalue weighted by Crippen LogP contribution is -2.24. The van der Waals surface area contributed by atoms with Crippen molar-refractivity contribution in [2.45, 2.75) is 40.0 Å². The number of nitrogens with zero attached hydrogens (tertiary/aromatic N) is 1. The van der Waals surface area contributed by atoms with E-state index in [1.54, 1.807) is 24.3 Å². The molecular formula is C23H31N3O2. The van der Waals surface area contributed by atoms with Crippen LogP contribution in [0.5, 0.6) is 0 Å². The molecule has 0 aliphatic carbocycles. The summed E-state index contributed by atoms with van der Waals surface area (Å²) in [6.07, 6.45) is 3.17. The van der Waals surface area contributed by atoms with Crippen LogP contribution < -0.4 is 15.5 Å². The number of anilines is 2. The highest BCUT2D eigenvalue weighted by Crippen LogP contribution is 2.18. The molecule has 150 valence electrons. The molecule has 28 heavy (non-hydrogen) atoms. The smallest absolute Gasteiger partial charge is 0.255 e. The molecule has 2 amide bonds. The Hall–Kier alpha value is -2.82. The second-order valence-electron chi connectivity index (χ2n) is 6.72. The van der Waals surface area contributed by atoms with Gasteiger partial charge >= 0.3 is 0 Å². The number of benzene rings is 2. The van der Waals surface area contributed by atoms with E-state index in [0.717, 1.165) is 43.7 Å². The fourth-order valence-electron chi connectivity index (χ4n) is 3.03. The molecule has 5 nitrogen and oxygen atoms in total. The second-order valence-corrected chi connectivity index (χ2v) is 6.72. The first-order chi connectivity index (χ1) is 13.6. The molecule has 0 saturated carbocycles. The average molecular weight is 382 g/mol. The molecule has 0 atom stereocenters. The maximum Gasteiger partial charge on any atom is 0.255 e. The number of rotatable bonds is 10. The summed E-state index contributed by atoms with van der Waals surface area (Å²) < 4.78 is 0. The third kappa shape index (κ3) is 6.12. The number of nitrogens with one attached hydrogen (secondary N) is 2. The molecule has 2 aromatic rings. The SMILES string of the molecule is CCCCCNC(=O)c1cccc(C(=O)Nc2ccc(N(CC)CC)cc2)c1. The highest BCUT2D eigenvalue weighted by atomic mass is 16.2. The summed E-state index contributed by atoms with van der Waals surface area (Å²) >= 11 is 0. The normalized spacial score (nSPS) is 10.4. The van der Waals surface area contributed by atoms with E-state index < -0.39 is 0 Å². The number of carbonyl (C=O) groups is 2. The van der Waals surface area contributed by atoms with E-state index in [1.165, 1.54) is 0 Å². The van der Waals surface area contributed by atoms with Crippen LogP contribution in [0.15, 0.2) is 48.5 Å². The van der Waals surface area contributed by atoms with Crippen molar-refractivity contribution in [3.63, 3.8) is 0 Å². The number of hydrogen-bond acceptors (Lipinski definition) is 3. The maximum atomic E-state index is 12.6. The van der Waals surface area contributed by atoms with Gasteiger partial charge < -0.3 is 15.5 Å². The molecule has 0 heterocycles. The van der Waals surface area contributed by atoms with Crippen molar-refractivity contribution in [2.24, 2.45) is 0 Å². The van der Waals surface area contributed by atoms with Gasteiger partial charge in [0.15, 0.2) is 0 Å². The minimum atomic E-state index is -0.226. The molecule has 0 unspecified atom stereocenters. The molecule has 2 N–H and O–H groups in total. The zero-order valence-corrected chi connectivity index (χ0v) is 17.1. The van der Waals surface area contributed by atoms with Gasteiger partial charge in [0, 0.05) is 42.1 Å². The Morgan fingerprint density at radius 3 is 2.11 bits per heavy atom. The zero-order chi connectivity index (χ0) is 20.4. The maximum absolute atomic E-state index is 12.6. The molecule has 0 bridgehead atoms. The van der Waals surface area contributed by atoms with E-state index in [2.05, 4.69) is 36.3 Å². The van der Waals surface area contributed by atoms with Gasteiger partial charge in [-0.3, -0.25) is 9.59 Å². The Labute approximate surface area is 168 Å². The van der Waals surface area contributed by atoms with E-state index in [1.807, 2.05) is 24.3 Å². The third-order valence-electron chi connectivity index (χ3n) is 4.71. The molecule has 0 radical (unpaired) electrons. The molecule has 0 fully saturated rings. The zero-order valence-electron chi connectivity index (χ0n) is 17.1. The van der Waals surface area contributed by atoms with Crippen LogP contribution >= 0.6 is 0 Å². The lowest BCUT2D eigenvalue weighted by atomic mass is 10.1. The summed E-state index contributed by atoms with van der Waals surface area (Å²) in [6.45, 7) is 8.90. The highest BCUT2D eigenvalue weighted by Gasteiger charge is 2.11. The number of amides is 2. The van der Waals surface area contributed by atoms with Crippen molar-refractivity contribution in [1.29, 1.82) is 0 Å². The number of carbonyl (C=O) groups excluding carboxylic acids is 2. The topological polar surface area (TPSA) is 61.4 Å². The molecule has 0 saturated heterocycles. The Morgan fingerprint density at radius 1 is 0.857 bits per heavy atom. The molecule has 0 aromatic heterocycles. The van der Waals surface area contributed by atoms with E-state index in [0.29, 0.717) is 17.7 Å². The monoisotopic (exact) mass is 381 g/mol. The van der Waals surface area contributed by atoms with Crippen molar-refractivity contribution in [3.05, 3.63) is 59.7 Å². The molecule has 2 aromatic carbocycles. The van der Waals surface area contributed by atoms with Crippen LogP contribution in [0.4, 0.5) is 11.4 Å². The van der Waals surface area contributed by atoms with Crippen LogP contribution in [0.3, 0.4) is 0 Å². The first-order valence-electron chi connectivity index (χ1n) is 10.1. The first kappa shape index (κ1) is 21.5. The lowest BCUT2D eigenvalue weighted by Gasteiger charge is -2.21. The average Bonchev–Trinajstić information content (AvgIpc) is 2.73. The Morgan fingerprint density at radius 2 is 1.50 bits per heavy atom. The summed E-state index contributed by atoms with van der Waals surface area (Å²) in [5, 5.41) is 5.80. The molecule has 0 aliphatic rings. The van der Waals surface area contributed by atoms with Crippen molar-refractivity contribution >= 4 is 23.2 Å². The molecular weight excluding hydrogens is 350 g/mol. The quantitative estimate of drug-likeness (QED) is 0.586. The van der Waals surface area contributed by atoms with Crippen molar-refractivity contribution in [1.82, 2.24) is 5.32 Å². The predicted octanol–water partition coefficient (Wildman–Crippen LogP) is 4.71. The van der Waals surface area contributed by atoms with Gasteiger partial charge in [0.05, 0.1) is 0 Å². The molecule has 5 heteroatoms. The van der Waals surface area contributed by atoms with E-state index in [9.17, 15) is 9.59 Å². The van der Waals surface area contributed by atoms with E-state index >= 15 is 0 Å². The first-order valence-corrected chi connectivity index (χ1v) is 10.1. The van der Waals surface area contributed by atoms with Crippen LogP contribution in [-0.4, -0.2) is 31.4 Å². The highest BCUT2D eigenvalue weighted by molar-refractivity contribution is 6.06. The number of unbranched alkanes of at least 4 members (excludes halogenated alkanes) is 2. The van der Waals surface area contributed by atoms with Crippen LogP contribution in [0.25, 0.3) is 0 Å². The largest absolute Gasteiger partial charge is 0.372 e. The van der Waals surface area contributed by atoms with Crippen LogP contribution in [0, 0.1) is 0 Å². The number of hydrogen-bond donors (Lipinski definition) is 2. The van der Waals surface area contributed by atoms with Crippen molar-refractivity contribution in [3.8, 4) is 0 Å². The van der Waals surface area contributed by atoms with E-state index in [-0.39, 0.29) is 11.8 Å².